The molecular weight excluding hydrogens is 276 g/mol. The van der Waals surface area contributed by atoms with Crippen molar-refractivity contribution in [1.29, 1.82) is 0 Å². The molecule has 1 rings (SSSR count). The molecule has 1 amide bonds. The molecule has 0 bridgehead atoms. The first-order valence-corrected chi connectivity index (χ1v) is 6.63. The lowest BCUT2D eigenvalue weighted by Crippen LogP contribution is -2.29. The fourth-order valence-electron chi connectivity index (χ4n) is 1.43. The van der Waals surface area contributed by atoms with Crippen LogP contribution in [-0.4, -0.2) is 31.3 Å². The van der Waals surface area contributed by atoms with Crippen molar-refractivity contribution in [3.05, 3.63) is 28.3 Å². The maximum Gasteiger partial charge on any atom is 0.414 e. The summed E-state index contributed by atoms with van der Waals surface area (Å²) < 4.78 is 10.1. The SMILES string of the molecule is CC.COc1ccc([N+](=O)[O-])cc1N(C)C(=O)OC(C)C. The Morgan fingerprint density at radius 2 is 1.90 bits per heavy atom. The Balaban J connectivity index is 0.00000191. The summed E-state index contributed by atoms with van der Waals surface area (Å²) >= 11 is 0. The third-order valence-electron chi connectivity index (χ3n) is 2.34. The average Bonchev–Trinajstić information content (AvgIpc) is 2.47. The number of methoxy groups -OCH3 is 1. The molecular formula is C14H22N2O5. The number of hydrogen-bond acceptors (Lipinski definition) is 5. The molecule has 1 aromatic carbocycles. The second kappa shape index (κ2) is 8.78. The maximum absolute atomic E-state index is 11.8. The summed E-state index contributed by atoms with van der Waals surface area (Å²) in [5.74, 6) is 0.355. The minimum atomic E-state index is -0.603. The van der Waals surface area contributed by atoms with Crippen molar-refractivity contribution in [3.8, 4) is 5.75 Å². The zero-order valence-electron chi connectivity index (χ0n) is 13.2. The van der Waals surface area contributed by atoms with Gasteiger partial charge in [0.1, 0.15) is 5.75 Å². The third kappa shape index (κ3) is 5.29. The molecule has 0 unspecified atom stereocenters. The first-order valence-electron chi connectivity index (χ1n) is 6.63. The number of non-ortho nitro benzene ring substituents is 1. The Bertz CT molecular complexity index is 488. The van der Waals surface area contributed by atoms with Gasteiger partial charge < -0.3 is 9.47 Å². The van der Waals surface area contributed by atoms with Crippen LogP contribution in [0.15, 0.2) is 18.2 Å². The predicted octanol–water partition coefficient (Wildman–Crippen LogP) is 3.61. The van der Waals surface area contributed by atoms with Crippen molar-refractivity contribution < 1.29 is 19.2 Å². The highest BCUT2D eigenvalue weighted by Gasteiger charge is 2.20. The van der Waals surface area contributed by atoms with Gasteiger partial charge in [0.05, 0.1) is 23.8 Å². The van der Waals surface area contributed by atoms with Crippen LogP contribution in [-0.2, 0) is 4.74 Å². The fourth-order valence-corrected chi connectivity index (χ4v) is 1.43. The Morgan fingerprint density at radius 1 is 1.33 bits per heavy atom. The highest BCUT2D eigenvalue weighted by atomic mass is 16.6. The van der Waals surface area contributed by atoms with E-state index >= 15 is 0 Å². The van der Waals surface area contributed by atoms with Crippen molar-refractivity contribution in [3.63, 3.8) is 0 Å². The largest absolute Gasteiger partial charge is 0.495 e. The lowest BCUT2D eigenvalue weighted by Gasteiger charge is -2.20. The minimum Gasteiger partial charge on any atom is -0.495 e. The number of nitrogens with zero attached hydrogens (tertiary/aromatic N) is 2. The molecule has 0 radical (unpaired) electrons. The summed E-state index contributed by atoms with van der Waals surface area (Å²) in [7, 11) is 2.89. The van der Waals surface area contributed by atoms with Gasteiger partial charge >= 0.3 is 6.09 Å². The van der Waals surface area contributed by atoms with Crippen LogP contribution in [0.2, 0.25) is 0 Å². The number of rotatable bonds is 4. The summed E-state index contributed by atoms with van der Waals surface area (Å²) in [6.45, 7) is 7.44. The van der Waals surface area contributed by atoms with Crippen molar-refractivity contribution >= 4 is 17.5 Å². The molecule has 7 heteroatoms. The quantitative estimate of drug-likeness (QED) is 0.626. The smallest absolute Gasteiger partial charge is 0.414 e. The normalized spacial score (nSPS) is 9.48. The van der Waals surface area contributed by atoms with Crippen LogP contribution < -0.4 is 9.64 Å². The molecule has 118 valence electrons. The van der Waals surface area contributed by atoms with Gasteiger partial charge in [-0.2, -0.15) is 0 Å². The lowest BCUT2D eigenvalue weighted by atomic mass is 10.2. The first kappa shape index (κ1) is 18.7. The highest BCUT2D eigenvalue weighted by Crippen LogP contribution is 2.31. The Labute approximate surface area is 124 Å². The van der Waals surface area contributed by atoms with Gasteiger partial charge in [-0.3, -0.25) is 15.0 Å². The molecule has 7 nitrogen and oxygen atoms in total. The van der Waals surface area contributed by atoms with E-state index in [1.807, 2.05) is 13.8 Å². The predicted molar refractivity (Wildman–Crippen MR) is 81.0 cm³/mol. The highest BCUT2D eigenvalue weighted by molar-refractivity contribution is 5.89. The van der Waals surface area contributed by atoms with Crippen molar-refractivity contribution in [2.75, 3.05) is 19.1 Å². The molecule has 0 saturated carbocycles. The standard InChI is InChI=1S/C12H16N2O5.C2H6/c1-8(2)19-12(15)13(3)10-7-9(14(16)17)5-6-11(10)18-4;1-2/h5-8H,1-4H3;1-2H3. The lowest BCUT2D eigenvalue weighted by molar-refractivity contribution is -0.384. The van der Waals surface area contributed by atoms with Gasteiger partial charge in [-0.15, -0.1) is 0 Å². The van der Waals surface area contributed by atoms with Crippen LogP contribution in [0.1, 0.15) is 27.7 Å². The third-order valence-corrected chi connectivity index (χ3v) is 2.34. The molecule has 0 aromatic heterocycles. The zero-order chi connectivity index (χ0) is 16.6. The Morgan fingerprint density at radius 3 is 2.33 bits per heavy atom. The molecule has 21 heavy (non-hydrogen) atoms. The van der Waals surface area contributed by atoms with Gasteiger partial charge in [-0.05, 0) is 19.9 Å². The van der Waals surface area contributed by atoms with Gasteiger partial charge in [0.25, 0.3) is 5.69 Å². The van der Waals surface area contributed by atoms with E-state index in [4.69, 9.17) is 9.47 Å². The molecule has 0 fully saturated rings. The van der Waals surface area contributed by atoms with Crippen LogP contribution in [0.4, 0.5) is 16.2 Å². The number of nitro groups is 1. The second-order valence-electron chi connectivity index (χ2n) is 4.10. The van der Waals surface area contributed by atoms with Crippen LogP contribution in [0, 0.1) is 10.1 Å². The first-order chi connectivity index (χ1) is 9.86. The number of carbonyl (C=O) groups is 1. The molecule has 0 aliphatic heterocycles. The van der Waals surface area contributed by atoms with E-state index in [-0.39, 0.29) is 17.5 Å². The van der Waals surface area contributed by atoms with Crippen molar-refractivity contribution in [2.24, 2.45) is 0 Å². The van der Waals surface area contributed by atoms with Crippen LogP contribution >= 0.6 is 0 Å². The van der Waals surface area contributed by atoms with Crippen molar-refractivity contribution in [2.45, 2.75) is 33.8 Å². The number of hydrogen-bond donors (Lipinski definition) is 0. The molecule has 1 aromatic rings. The topological polar surface area (TPSA) is 81.9 Å². The zero-order valence-corrected chi connectivity index (χ0v) is 13.2. The summed E-state index contributed by atoms with van der Waals surface area (Å²) in [6, 6.07) is 4.01. The van der Waals surface area contributed by atoms with E-state index in [0.29, 0.717) is 5.75 Å². The number of anilines is 1. The minimum absolute atomic E-state index is 0.125. The van der Waals surface area contributed by atoms with Crippen LogP contribution in [0.25, 0.3) is 0 Å². The van der Waals surface area contributed by atoms with Gasteiger partial charge in [0, 0.05) is 19.2 Å². The van der Waals surface area contributed by atoms with E-state index in [0.717, 1.165) is 0 Å². The molecule has 0 saturated heterocycles. The van der Waals surface area contributed by atoms with Crippen LogP contribution in [0.5, 0.6) is 5.75 Å². The maximum atomic E-state index is 11.8. The van der Waals surface area contributed by atoms with Gasteiger partial charge in [-0.25, -0.2) is 4.79 Å². The number of ether oxygens (including phenoxy) is 2. The van der Waals surface area contributed by atoms with E-state index in [1.54, 1.807) is 13.8 Å². The van der Waals surface area contributed by atoms with E-state index in [2.05, 4.69) is 0 Å². The van der Waals surface area contributed by atoms with E-state index in [1.165, 1.54) is 37.3 Å². The van der Waals surface area contributed by atoms with E-state index in [9.17, 15) is 14.9 Å². The number of nitro benzene ring substituents is 1. The summed E-state index contributed by atoms with van der Waals surface area (Å²) in [6.07, 6.45) is -0.881. The number of amides is 1. The average molecular weight is 298 g/mol. The van der Waals surface area contributed by atoms with E-state index < -0.39 is 11.0 Å². The van der Waals surface area contributed by atoms with Gasteiger partial charge in [0.15, 0.2) is 0 Å². The molecule has 0 heterocycles. The molecule has 0 spiro atoms. The number of carbonyl (C=O) groups excluding carboxylic acids is 1. The van der Waals surface area contributed by atoms with Crippen LogP contribution in [0.3, 0.4) is 0 Å². The molecule has 0 aliphatic rings. The second-order valence-corrected chi connectivity index (χ2v) is 4.10. The summed E-state index contributed by atoms with van der Waals surface area (Å²) in [5.41, 5.74) is 0.155. The Kier molecular flexibility index (Phi) is 7.81. The summed E-state index contributed by atoms with van der Waals surface area (Å²) in [4.78, 5) is 23.2. The number of benzene rings is 1. The molecule has 0 aliphatic carbocycles. The van der Waals surface area contributed by atoms with Gasteiger partial charge in [-0.1, -0.05) is 13.8 Å². The Hall–Kier alpha value is -2.31. The molecule has 0 N–H and O–H groups in total. The van der Waals surface area contributed by atoms with Crippen molar-refractivity contribution in [1.82, 2.24) is 0 Å². The fraction of sp³-hybridized carbons (Fsp3) is 0.500. The monoisotopic (exact) mass is 298 g/mol. The summed E-state index contributed by atoms with van der Waals surface area (Å²) in [5, 5.41) is 10.8. The molecule has 0 atom stereocenters. The van der Waals surface area contributed by atoms with Gasteiger partial charge in [0.2, 0.25) is 0 Å².